The van der Waals surface area contributed by atoms with Crippen molar-refractivity contribution >= 4 is 17.3 Å². The van der Waals surface area contributed by atoms with Crippen LogP contribution in [-0.2, 0) is 9.53 Å². The molecule has 80 valence electrons. The molecule has 1 aromatic rings. The molecule has 0 spiro atoms. The Morgan fingerprint density at radius 1 is 1.20 bits per heavy atom. The zero-order chi connectivity index (χ0) is 11.0. The Hall–Kier alpha value is -1.71. The van der Waals surface area contributed by atoms with Crippen LogP contribution in [0, 0.1) is 0 Å². The summed E-state index contributed by atoms with van der Waals surface area (Å²) in [4.78, 5) is 14.8. The number of carbonyl (C=O) groups excluding carboxylic acids is 1. The maximum Gasteiger partial charge on any atom is 0.305 e. The first-order valence-electron chi connectivity index (χ1n) is 4.83. The van der Waals surface area contributed by atoms with Gasteiger partial charge in [0.25, 0.3) is 6.35 Å². The molecule has 4 nitrogen and oxygen atoms in total. The number of esters is 1. The normalized spacial score (nSPS) is 15.4. The molecule has 0 saturated heterocycles. The Morgan fingerprint density at radius 2 is 1.67 bits per heavy atom. The summed E-state index contributed by atoms with van der Waals surface area (Å²) in [7, 11) is 3.83. The highest BCUT2D eigenvalue weighted by molar-refractivity contribution is 5.77. The Labute approximate surface area is 89.0 Å². The summed E-state index contributed by atoms with van der Waals surface area (Å²) in [5.74, 6) is -0.272. The van der Waals surface area contributed by atoms with E-state index in [1.807, 2.05) is 48.2 Å². The van der Waals surface area contributed by atoms with Crippen molar-refractivity contribution in [3.8, 4) is 0 Å². The summed E-state index contributed by atoms with van der Waals surface area (Å²) in [6.07, 6.45) is -0.333. The second-order valence-electron chi connectivity index (χ2n) is 3.65. The third kappa shape index (κ3) is 1.52. The minimum atomic E-state index is -0.333. The molecule has 0 fully saturated rings. The summed E-state index contributed by atoms with van der Waals surface area (Å²) in [5.41, 5.74) is 2.15. The molecule has 0 radical (unpaired) electrons. The van der Waals surface area contributed by atoms with Gasteiger partial charge in [-0.25, -0.2) is 0 Å². The lowest BCUT2D eigenvalue weighted by molar-refractivity contribution is -0.145. The number of carbonyl (C=O) groups is 1. The molecule has 1 aromatic carbocycles. The number of hydrogen-bond donors (Lipinski definition) is 0. The van der Waals surface area contributed by atoms with Crippen molar-refractivity contribution in [3.05, 3.63) is 24.3 Å². The van der Waals surface area contributed by atoms with Gasteiger partial charge in [-0.2, -0.15) is 0 Å². The van der Waals surface area contributed by atoms with Crippen LogP contribution in [0.4, 0.5) is 11.4 Å². The van der Waals surface area contributed by atoms with Crippen molar-refractivity contribution in [2.45, 2.75) is 13.3 Å². The van der Waals surface area contributed by atoms with Gasteiger partial charge in [0.15, 0.2) is 0 Å². The van der Waals surface area contributed by atoms with E-state index in [9.17, 15) is 4.79 Å². The third-order valence-electron chi connectivity index (χ3n) is 2.58. The van der Waals surface area contributed by atoms with E-state index >= 15 is 0 Å². The molecule has 0 atom stereocenters. The second kappa shape index (κ2) is 3.46. The maximum absolute atomic E-state index is 11.0. The number of benzene rings is 1. The predicted octanol–water partition coefficient (Wildman–Crippen LogP) is 1.42. The molecule has 0 bridgehead atoms. The van der Waals surface area contributed by atoms with Gasteiger partial charge in [0.1, 0.15) is 0 Å². The molecule has 4 heteroatoms. The highest BCUT2D eigenvalue weighted by Gasteiger charge is 2.32. The van der Waals surface area contributed by atoms with E-state index in [1.54, 1.807) is 0 Å². The van der Waals surface area contributed by atoms with Gasteiger partial charge in [-0.05, 0) is 12.1 Å². The zero-order valence-corrected chi connectivity index (χ0v) is 9.10. The fraction of sp³-hybridized carbons (Fsp3) is 0.364. The smallest absolute Gasteiger partial charge is 0.305 e. The van der Waals surface area contributed by atoms with Crippen molar-refractivity contribution < 1.29 is 9.53 Å². The average molecular weight is 206 g/mol. The molecule has 1 heterocycles. The number of rotatable bonds is 1. The molecule has 0 aliphatic carbocycles. The van der Waals surface area contributed by atoms with E-state index in [-0.39, 0.29) is 12.3 Å². The van der Waals surface area contributed by atoms with E-state index in [0.717, 1.165) is 11.4 Å². The first kappa shape index (κ1) is 9.83. The average Bonchev–Trinajstić information content (AvgIpc) is 2.44. The monoisotopic (exact) mass is 206 g/mol. The van der Waals surface area contributed by atoms with Gasteiger partial charge >= 0.3 is 5.97 Å². The minimum absolute atomic E-state index is 0.272. The highest BCUT2D eigenvalue weighted by Crippen LogP contribution is 2.37. The van der Waals surface area contributed by atoms with Gasteiger partial charge in [0.2, 0.25) is 0 Å². The Kier molecular flexibility index (Phi) is 2.26. The van der Waals surface area contributed by atoms with Crippen molar-refractivity contribution in [1.29, 1.82) is 0 Å². The minimum Gasteiger partial charge on any atom is -0.423 e. The molecule has 0 unspecified atom stereocenters. The van der Waals surface area contributed by atoms with E-state index in [0.29, 0.717) is 0 Å². The van der Waals surface area contributed by atoms with Crippen LogP contribution in [0.1, 0.15) is 6.92 Å². The maximum atomic E-state index is 11.0. The standard InChI is InChI=1S/C11H14N2O2/c1-8(14)15-11-12(2)9-6-4-5-7-10(9)13(11)3/h4-7,11H,1-3H3. The van der Waals surface area contributed by atoms with E-state index in [2.05, 4.69) is 0 Å². The molecule has 2 rings (SSSR count). The van der Waals surface area contributed by atoms with Crippen LogP contribution in [0.3, 0.4) is 0 Å². The molecule has 0 saturated carbocycles. The molecular weight excluding hydrogens is 192 g/mol. The molecular formula is C11H14N2O2. The van der Waals surface area contributed by atoms with Crippen molar-refractivity contribution in [1.82, 2.24) is 0 Å². The summed E-state index contributed by atoms with van der Waals surface area (Å²) in [6.45, 7) is 1.42. The number of para-hydroxylation sites is 2. The second-order valence-corrected chi connectivity index (χ2v) is 3.65. The van der Waals surface area contributed by atoms with Gasteiger partial charge in [-0.1, -0.05) is 12.1 Å². The number of fused-ring (bicyclic) bond motifs is 1. The van der Waals surface area contributed by atoms with Crippen molar-refractivity contribution in [3.63, 3.8) is 0 Å². The van der Waals surface area contributed by atoms with Gasteiger partial charge < -0.3 is 14.5 Å². The molecule has 0 N–H and O–H groups in total. The van der Waals surface area contributed by atoms with Gasteiger partial charge in [0.05, 0.1) is 11.4 Å². The zero-order valence-electron chi connectivity index (χ0n) is 9.10. The quantitative estimate of drug-likeness (QED) is 0.650. The van der Waals surface area contributed by atoms with Crippen LogP contribution in [0.25, 0.3) is 0 Å². The highest BCUT2D eigenvalue weighted by atomic mass is 16.6. The molecule has 0 aromatic heterocycles. The lowest BCUT2D eigenvalue weighted by atomic mass is 10.3. The number of ether oxygens (including phenoxy) is 1. The fourth-order valence-electron chi connectivity index (χ4n) is 1.86. The van der Waals surface area contributed by atoms with E-state index in [1.165, 1.54) is 6.92 Å². The van der Waals surface area contributed by atoms with Gasteiger partial charge in [-0.3, -0.25) is 4.79 Å². The van der Waals surface area contributed by atoms with Crippen molar-refractivity contribution in [2.75, 3.05) is 23.9 Å². The van der Waals surface area contributed by atoms with Crippen LogP contribution >= 0.6 is 0 Å². The predicted molar refractivity (Wildman–Crippen MR) is 58.8 cm³/mol. The Bertz CT molecular complexity index is 363. The summed E-state index contributed by atoms with van der Waals surface area (Å²) < 4.78 is 5.23. The number of nitrogens with zero attached hydrogens (tertiary/aromatic N) is 2. The number of hydrogen-bond acceptors (Lipinski definition) is 4. The lowest BCUT2D eigenvalue weighted by Gasteiger charge is -2.26. The summed E-state index contributed by atoms with van der Waals surface area (Å²) in [5, 5.41) is 0. The third-order valence-corrected chi connectivity index (χ3v) is 2.58. The summed E-state index contributed by atoms with van der Waals surface area (Å²) >= 11 is 0. The Balaban J connectivity index is 2.32. The van der Waals surface area contributed by atoms with Crippen LogP contribution in [0.15, 0.2) is 24.3 Å². The fourth-order valence-corrected chi connectivity index (χ4v) is 1.86. The molecule has 1 aliphatic rings. The molecule has 15 heavy (non-hydrogen) atoms. The van der Waals surface area contributed by atoms with Crippen molar-refractivity contribution in [2.24, 2.45) is 0 Å². The van der Waals surface area contributed by atoms with E-state index in [4.69, 9.17) is 4.74 Å². The largest absolute Gasteiger partial charge is 0.423 e. The summed E-state index contributed by atoms with van der Waals surface area (Å²) in [6, 6.07) is 7.96. The van der Waals surface area contributed by atoms with Gasteiger partial charge in [-0.15, -0.1) is 0 Å². The Morgan fingerprint density at radius 3 is 2.07 bits per heavy atom. The molecule has 0 amide bonds. The first-order valence-corrected chi connectivity index (χ1v) is 4.83. The van der Waals surface area contributed by atoms with Crippen LogP contribution < -0.4 is 9.80 Å². The van der Waals surface area contributed by atoms with Crippen LogP contribution in [0.2, 0.25) is 0 Å². The van der Waals surface area contributed by atoms with Crippen LogP contribution in [-0.4, -0.2) is 26.4 Å². The number of anilines is 2. The topological polar surface area (TPSA) is 32.8 Å². The lowest BCUT2D eigenvalue weighted by Crippen LogP contribution is -2.42. The SMILES string of the molecule is CC(=O)OC1N(C)c2ccccc2N1C. The molecule has 1 aliphatic heterocycles. The van der Waals surface area contributed by atoms with Gasteiger partial charge in [0, 0.05) is 21.0 Å². The first-order chi connectivity index (χ1) is 7.11. The van der Waals surface area contributed by atoms with Crippen LogP contribution in [0.5, 0.6) is 0 Å². The van der Waals surface area contributed by atoms with E-state index < -0.39 is 0 Å².